The van der Waals surface area contributed by atoms with Crippen molar-refractivity contribution in [3.05, 3.63) is 12.0 Å². The number of carbonyl (C=O) groups excluding carboxylic acids is 1. The monoisotopic (exact) mass is 285 g/mol. The highest BCUT2D eigenvalue weighted by Crippen LogP contribution is 2.21. The van der Waals surface area contributed by atoms with Crippen LogP contribution in [-0.2, 0) is 4.79 Å². The second kappa shape index (κ2) is 6.96. The highest BCUT2D eigenvalue weighted by atomic mass is 32.2. The van der Waals surface area contributed by atoms with Crippen LogP contribution in [0.1, 0.15) is 39.3 Å². The third kappa shape index (κ3) is 5.24. The van der Waals surface area contributed by atoms with E-state index in [0.29, 0.717) is 11.6 Å². The molecule has 1 unspecified atom stereocenters. The van der Waals surface area contributed by atoms with Crippen LogP contribution in [0.25, 0.3) is 0 Å². The fourth-order valence-electron chi connectivity index (χ4n) is 1.89. The van der Waals surface area contributed by atoms with Crippen molar-refractivity contribution in [2.24, 2.45) is 5.73 Å². The first-order valence-electron chi connectivity index (χ1n) is 6.46. The van der Waals surface area contributed by atoms with Crippen molar-refractivity contribution in [2.45, 2.75) is 57.3 Å². The molecule has 0 aliphatic rings. The van der Waals surface area contributed by atoms with Gasteiger partial charge in [0.2, 0.25) is 5.91 Å². The summed E-state index contributed by atoms with van der Waals surface area (Å²) in [4.78, 5) is 15.8. The highest BCUT2D eigenvalue weighted by Gasteiger charge is 2.30. The quantitative estimate of drug-likeness (QED) is 0.564. The van der Waals surface area contributed by atoms with Gasteiger partial charge >= 0.3 is 0 Å². The number of thioether (sulfide) groups is 1. The van der Waals surface area contributed by atoms with Crippen LogP contribution in [0.15, 0.2) is 15.9 Å². The van der Waals surface area contributed by atoms with Crippen LogP contribution in [-0.4, -0.2) is 28.2 Å². The average molecular weight is 285 g/mol. The topological polar surface area (TPSA) is 81.1 Å². The lowest BCUT2D eigenvalue weighted by molar-refractivity contribution is -0.124. The molecule has 1 aromatic rings. The number of aromatic nitrogens is 1. The standard InChI is InChI=1S/C13H23N3O2S/c1-9(2)16-13(4,11(14)17)6-5-7-19-12-15-10(3)8-18-12/h8-9,16H,5-7H2,1-4H3,(H2,14,17). The summed E-state index contributed by atoms with van der Waals surface area (Å²) in [6.07, 6.45) is 3.20. The van der Waals surface area contributed by atoms with Crippen molar-refractivity contribution in [1.82, 2.24) is 10.3 Å². The minimum atomic E-state index is -0.652. The number of rotatable bonds is 8. The maximum Gasteiger partial charge on any atom is 0.255 e. The zero-order valence-corrected chi connectivity index (χ0v) is 12.8. The molecule has 1 amide bonds. The molecule has 0 radical (unpaired) electrons. The third-order valence-electron chi connectivity index (χ3n) is 2.80. The van der Waals surface area contributed by atoms with Crippen molar-refractivity contribution in [1.29, 1.82) is 0 Å². The Morgan fingerprint density at radius 2 is 2.32 bits per heavy atom. The molecule has 5 nitrogen and oxygen atoms in total. The number of primary amides is 1. The largest absolute Gasteiger partial charge is 0.440 e. The number of aryl methyl sites for hydroxylation is 1. The van der Waals surface area contributed by atoms with Gasteiger partial charge in [-0.2, -0.15) is 0 Å². The maximum absolute atomic E-state index is 11.5. The molecule has 1 atom stereocenters. The van der Waals surface area contributed by atoms with E-state index in [1.807, 2.05) is 27.7 Å². The molecule has 0 spiro atoms. The van der Waals surface area contributed by atoms with Gasteiger partial charge in [-0.3, -0.25) is 4.79 Å². The second-order valence-electron chi connectivity index (χ2n) is 5.20. The molecule has 0 saturated heterocycles. The summed E-state index contributed by atoms with van der Waals surface area (Å²) >= 11 is 1.55. The van der Waals surface area contributed by atoms with Gasteiger partial charge in [0.1, 0.15) is 6.26 Å². The van der Waals surface area contributed by atoms with Gasteiger partial charge in [-0.05, 0) is 40.5 Å². The predicted octanol–water partition coefficient (Wildman–Crippen LogP) is 2.10. The molecule has 0 fully saturated rings. The van der Waals surface area contributed by atoms with Gasteiger partial charge in [0.15, 0.2) is 0 Å². The van der Waals surface area contributed by atoms with Gasteiger partial charge in [0, 0.05) is 11.8 Å². The van der Waals surface area contributed by atoms with Crippen molar-refractivity contribution >= 4 is 17.7 Å². The molecular formula is C13H23N3O2S. The lowest BCUT2D eigenvalue weighted by atomic mass is 9.94. The van der Waals surface area contributed by atoms with Crippen molar-refractivity contribution < 1.29 is 9.21 Å². The molecule has 0 aromatic carbocycles. The lowest BCUT2D eigenvalue weighted by Gasteiger charge is -2.29. The summed E-state index contributed by atoms with van der Waals surface area (Å²) in [7, 11) is 0. The number of hydrogen-bond acceptors (Lipinski definition) is 5. The minimum absolute atomic E-state index is 0.222. The van der Waals surface area contributed by atoms with E-state index in [4.69, 9.17) is 10.2 Å². The molecular weight excluding hydrogens is 262 g/mol. The maximum atomic E-state index is 11.5. The van der Waals surface area contributed by atoms with Crippen LogP contribution in [0, 0.1) is 6.92 Å². The Balaban J connectivity index is 2.38. The van der Waals surface area contributed by atoms with E-state index in [1.165, 1.54) is 0 Å². The summed E-state index contributed by atoms with van der Waals surface area (Å²) in [6, 6.07) is 0.222. The van der Waals surface area contributed by atoms with E-state index in [9.17, 15) is 4.79 Å². The molecule has 6 heteroatoms. The SMILES string of the molecule is Cc1coc(SCCCC(C)(NC(C)C)C(N)=O)n1. The number of nitrogens with zero attached hydrogens (tertiary/aromatic N) is 1. The number of hydrogen-bond donors (Lipinski definition) is 2. The Bertz CT molecular complexity index is 420. The molecule has 0 aliphatic heterocycles. The highest BCUT2D eigenvalue weighted by molar-refractivity contribution is 7.99. The fourth-order valence-corrected chi connectivity index (χ4v) is 2.68. The third-order valence-corrected chi connectivity index (χ3v) is 3.72. The average Bonchev–Trinajstić information content (AvgIpc) is 2.69. The number of oxazole rings is 1. The first-order valence-corrected chi connectivity index (χ1v) is 7.44. The van der Waals surface area contributed by atoms with Gasteiger partial charge in [-0.15, -0.1) is 0 Å². The molecule has 3 N–H and O–H groups in total. The fraction of sp³-hybridized carbons (Fsp3) is 0.692. The van der Waals surface area contributed by atoms with Crippen molar-refractivity contribution in [2.75, 3.05) is 5.75 Å². The molecule has 108 valence electrons. The van der Waals surface area contributed by atoms with E-state index in [0.717, 1.165) is 17.9 Å². The summed E-state index contributed by atoms with van der Waals surface area (Å²) in [5.74, 6) is 0.543. The Kier molecular flexibility index (Phi) is 5.87. The van der Waals surface area contributed by atoms with Crippen LogP contribution in [0.5, 0.6) is 0 Å². The second-order valence-corrected chi connectivity index (χ2v) is 6.25. The Morgan fingerprint density at radius 1 is 1.63 bits per heavy atom. The van der Waals surface area contributed by atoms with Gasteiger partial charge in [0.05, 0.1) is 11.2 Å². The molecule has 1 rings (SSSR count). The summed E-state index contributed by atoms with van der Waals surface area (Å²) in [5.41, 5.74) is 5.71. The van der Waals surface area contributed by atoms with Crippen LogP contribution in [0.3, 0.4) is 0 Å². The van der Waals surface area contributed by atoms with Gasteiger partial charge < -0.3 is 15.5 Å². The smallest absolute Gasteiger partial charge is 0.255 e. The summed E-state index contributed by atoms with van der Waals surface area (Å²) in [6.45, 7) is 7.76. The van der Waals surface area contributed by atoms with Gasteiger partial charge in [-0.25, -0.2) is 4.98 Å². The van der Waals surface area contributed by atoms with Crippen LogP contribution in [0.4, 0.5) is 0 Å². The normalized spacial score (nSPS) is 14.6. The number of carbonyl (C=O) groups is 1. The first kappa shape index (κ1) is 16.0. The van der Waals surface area contributed by atoms with Crippen molar-refractivity contribution in [3.63, 3.8) is 0 Å². The first-order chi connectivity index (χ1) is 8.83. The summed E-state index contributed by atoms with van der Waals surface area (Å²) in [5, 5.41) is 3.91. The van der Waals surface area contributed by atoms with E-state index >= 15 is 0 Å². The zero-order chi connectivity index (χ0) is 14.5. The molecule has 19 heavy (non-hydrogen) atoms. The van der Waals surface area contributed by atoms with E-state index in [2.05, 4.69) is 10.3 Å². The van der Waals surface area contributed by atoms with Gasteiger partial charge in [-0.1, -0.05) is 11.8 Å². The lowest BCUT2D eigenvalue weighted by Crippen LogP contribution is -2.55. The number of nitrogens with one attached hydrogen (secondary N) is 1. The number of nitrogens with two attached hydrogens (primary N) is 1. The number of amides is 1. The van der Waals surface area contributed by atoms with E-state index in [-0.39, 0.29) is 11.9 Å². The minimum Gasteiger partial charge on any atom is -0.440 e. The van der Waals surface area contributed by atoms with Crippen LogP contribution < -0.4 is 11.1 Å². The molecule has 0 saturated carbocycles. The Labute approximate surface area is 118 Å². The molecule has 0 aliphatic carbocycles. The molecule has 1 aromatic heterocycles. The van der Waals surface area contributed by atoms with Gasteiger partial charge in [0.25, 0.3) is 5.22 Å². The van der Waals surface area contributed by atoms with E-state index < -0.39 is 5.54 Å². The van der Waals surface area contributed by atoms with Crippen LogP contribution in [0.2, 0.25) is 0 Å². The Hall–Kier alpha value is -1.01. The van der Waals surface area contributed by atoms with E-state index in [1.54, 1.807) is 18.0 Å². The Morgan fingerprint density at radius 3 is 2.79 bits per heavy atom. The summed E-state index contributed by atoms with van der Waals surface area (Å²) < 4.78 is 5.25. The molecule has 0 bridgehead atoms. The molecule has 1 heterocycles. The van der Waals surface area contributed by atoms with Crippen molar-refractivity contribution in [3.8, 4) is 0 Å². The zero-order valence-electron chi connectivity index (χ0n) is 12.0. The predicted molar refractivity (Wildman–Crippen MR) is 77.1 cm³/mol. The van der Waals surface area contributed by atoms with Crippen LogP contribution >= 0.6 is 11.8 Å².